The average Bonchev–Trinajstić information content (AvgIpc) is 2.42. The van der Waals surface area contributed by atoms with Crippen molar-refractivity contribution in [3.63, 3.8) is 0 Å². The van der Waals surface area contributed by atoms with Gasteiger partial charge in [0.2, 0.25) is 0 Å². The largest absolute Gasteiger partial charge is 0.484 e. The van der Waals surface area contributed by atoms with Crippen LogP contribution < -0.4 is 10.1 Å². The molecule has 0 unspecified atom stereocenters. The summed E-state index contributed by atoms with van der Waals surface area (Å²) in [7, 11) is 0. The Morgan fingerprint density at radius 1 is 1.16 bits per heavy atom. The zero-order chi connectivity index (χ0) is 18.2. The van der Waals surface area contributed by atoms with Gasteiger partial charge in [0.1, 0.15) is 0 Å². The third-order valence-corrected chi connectivity index (χ3v) is 3.83. The van der Waals surface area contributed by atoms with Gasteiger partial charge in [-0.05, 0) is 19.3 Å². The number of benzene rings is 1. The van der Waals surface area contributed by atoms with Crippen LogP contribution in [0.2, 0.25) is 0 Å². The van der Waals surface area contributed by atoms with Crippen molar-refractivity contribution in [2.24, 2.45) is 0 Å². The molecule has 1 N–H and O–H groups in total. The molecule has 2 fully saturated rings. The lowest BCUT2D eigenvalue weighted by molar-refractivity contribution is -0.222. The Labute approximate surface area is 142 Å². The van der Waals surface area contributed by atoms with E-state index in [0.29, 0.717) is 0 Å². The minimum absolute atomic E-state index is 0.00823. The molecule has 1 aromatic rings. The average molecular weight is 353 g/mol. The van der Waals surface area contributed by atoms with Gasteiger partial charge in [0.25, 0.3) is 5.79 Å². The van der Waals surface area contributed by atoms with E-state index in [-0.39, 0.29) is 11.8 Å². The first-order valence-corrected chi connectivity index (χ1v) is 7.84. The van der Waals surface area contributed by atoms with Gasteiger partial charge in [0, 0.05) is 37.9 Å². The van der Waals surface area contributed by atoms with Gasteiger partial charge >= 0.3 is 11.9 Å². The Kier molecular flexibility index (Phi) is 4.36. The van der Waals surface area contributed by atoms with Crippen molar-refractivity contribution in [3.05, 3.63) is 35.5 Å². The summed E-state index contributed by atoms with van der Waals surface area (Å²) in [6.45, 7) is 2.83. The fraction of sp³-hybridized carbons (Fsp3) is 0.412. The van der Waals surface area contributed by atoms with Gasteiger partial charge < -0.3 is 19.5 Å². The molecule has 3 rings (SSSR count). The quantitative estimate of drug-likeness (QED) is 0.510. The maximum atomic E-state index is 14.0. The number of ether oxygens (including phenoxy) is 3. The SMILES string of the molecule is CC1(C)OC(=O)C(=CNc2cc(F)c(OC3CCC3)c(F)c2)C(=O)O1. The standard InChI is InChI=1S/C17H17F2NO5/c1-17(2)24-15(21)11(16(22)25-17)8-20-9-6-12(18)14(13(19)7-9)23-10-4-3-5-10/h6-8,10,20H,3-5H2,1-2H3. The highest BCUT2D eigenvalue weighted by molar-refractivity contribution is 6.15. The number of cyclic esters (lactones) is 2. The Morgan fingerprint density at radius 2 is 1.72 bits per heavy atom. The number of hydrogen-bond donors (Lipinski definition) is 1. The van der Waals surface area contributed by atoms with Crippen molar-refractivity contribution in [2.45, 2.75) is 45.0 Å². The molecule has 1 saturated heterocycles. The van der Waals surface area contributed by atoms with Crippen molar-refractivity contribution in [1.82, 2.24) is 0 Å². The van der Waals surface area contributed by atoms with E-state index in [0.717, 1.165) is 37.6 Å². The Morgan fingerprint density at radius 3 is 2.20 bits per heavy atom. The first-order valence-electron chi connectivity index (χ1n) is 7.84. The molecule has 25 heavy (non-hydrogen) atoms. The smallest absolute Gasteiger partial charge is 0.350 e. The van der Waals surface area contributed by atoms with Gasteiger partial charge in [-0.1, -0.05) is 0 Å². The van der Waals surface area contributed by atoms with Gasteiger partial charge in [0.05, 0.1) is 6.10 Å². The van der Waals surface area contributed by atoms with Crippen molar-refractivity contribution in [3.8, 4) is 5.75 Å². The van der Waals surface area contributed by atoms with Gasteiger partial charge in [-0.15, -0.1) is 0 Å². The molecule has 2 aliphatic rings. The molecule has 1 aliphatic carbocycles. The molecular weight excluding hydrogens is 336 g/mol. The predicted molar refractivity (Wildman–Crippen MR) is 82.6 cm³/mol. The summed E-state index contributed by atoms with van der Waals surface area (Å²) in [5, 5.41) is 2.49. The highest BCUT2D eigenvalue weighted by atomic mass is 19.1. The first kappa shape index (κ1) is 17.2. The third-order valence-electron chi connectivity index (χ3n) is 3.83. The van der Waals surface area contributed by atoms with Crippen LogP contribution in [0.3, 0.4) is 0 Å². The fourth-order valence-corrected chi connectivity index (χ4v) is 2.35. The van der Waals surface area contributed by atoms with Crippen LogP contribution in [0, 0.1) is 11.6 Å². The van der Waals surface area contributed by atoms with E-state index in [9.17, 15) is 18.4 Å². The van der Waals surface area contributed by atoms with Crippen LogP contribution >= 0.6 is 0 Å². The van der Waals surface area contributed by atoms with Gasteiger partial charge in [-0.2, -0.15) is 0 Å². The van der Waals surface area contributed by atoms with Crippen molar-refractivity contribution < 1.29 is 32.6 Å². The fourth-order valence-electron chi connectivity index (χ4n) is 2.35. The van der Waals surface area contributed by atoms with E-state index < -0.39 is 40.7 Å². The van der Waals surface area contributed by atoms with Crippen LogP contribution in [0.4, 0.5) is 14.5 Å². The number of carbonyl (C=O) groups excluding carboxylic acids is 2. The zero-order valence-corrected chi connectivity index (χ0v) is 13.7. The van der Waals surface area contributed by atoms with Crippen LogP contribution in [-0.2, 0) is 19.1 Å². The molecule has 8 heteroatoms. The van der Waals surface area contributed by atoms with E-state index in [1.54, 1.807) is 0 Å². The van der Waals surface area contributed by atoms with Crippen molar-refractivity contribution >= 4 is 17.6 Å². The monoisotopic (exact) mass is 353 g/mol. The maximum absolute atomic E-state index is 14.0. The van der Waals surface area contributed by atoms with E-state index in [1.807, 2.05) is 0 Å². The number of nitrogens with one attached hydrogen (secondary N) is 1. The number of carbonyl (C=O) groups is 2. The summed E-state index contributed by atoms with van der Waals surface area (Å²) in [6, 6.07) is 2.02. The maximum Gasteiger partial charge on any atom is 0.350 e. The molecule has 134 valence electrons. The molecule has 0 atom stereocenters. The molecule has 1 aromatic carbocycles. The molecule has 1 aliphatic heterocycles. The lowest BCUT2D eigenvalue weighted by Gasteiger charge is -2.29. The summed E-state index contributed by atoms with van der Waals surface area (Å²) < 4.78 is 43.2. The van der Waals surface area contributed by atoms with Crippen molar-refractivity contribution in [1.29, 1.82) is 0 Å². The van der Waals surface area contributed by atoms with Gasteiger partial charge in [0.15, 0.2) is 23.0 Å². The van der Waals surface area contributed by atoms with Crippen LogP contribution in [0.25, 0.3) is 0 Å². The first-order chi connectivity index (χ1) is 11.7. The number of anilines is 1. The third kappa shape index (κ3) is 3.72. The number of hydrogen-bond acceptors (Lipinski definition) is 6. The highest BCUT2D eigenvalue weighted by Gasteiger charge is 2.39. The minimum atomic E-state index is -1.36. The second kappa shape index (κ2) is 6.34. The van der Waals surface area contributed by atoms with E-state index in [1.165, 1.54) is 13.8 Å². The number of rotatable bonds is 4. The molecule has 0 amide bonds. The molecular formula is C17H17F2NO5. The van der Waals surface area contributed by atoms with Gasteiger partial charge in [-0.25, -0.2) is 18.4 Å². The molecule has 0 radical (unpaired) electrons. The second-order valence-corrected chi connectivity index (χ2v) is 6.32. The molecule has 0 bridgehead atoms. The minimum Gasteiger partial charge on any atom is -0.484 e. The van der Waals surface area contributed by atoms with Crippen molar-refractivity contribution in [2.75, 3.05) is 5.32 Å². The summed E-state index contributed by atoms with van der Waals surface area (Å²) in [5.74, 6) is -5.31. The molecule has 0 aromatic heterocycles. The molecule has 6 nitrogen and oxygen atoms in total. The predicted octanol–water partition coefficient (Wildman–Crippen LogP) is 3.03. The Hall–Kier alpha value is -2.64. The topological polar surface area (TPSA) is 73.9 Å². The molecule has 1 saturated carbocycles. The van der Waals surface area contributed by atoms with E-state index in [2.05, 4.69) is 5.32 Å². The van der Waals surface area contributed by atoms with E-state index in [4.69, 9.17) is 14.2 Å². The zero-order valence-electron chi connectivity index (χ0n) is 13.7. The lowest BCUT2D eigenvalue weighted by atomic mass is 9.96. The van der Waals surface area contributed by atoms with Crippen LogP contribution in [0.15, 0.2) is 23.9 Å². The Balaban J connectivity index is 1.74. The van der Waals surface area contributed by atoms with Gasteiger partial charge in [-0.3, -0.25) is 0 Å². The van der Waals surface area contributed by atoms with E-state index >= 15 is 0 Å². The summed E-state index contributed by atoms with van der Waals surface area (Å²) in [6.07, 6.45) is 3.34. The van der Waals surface area contributed by atoms with Crippen LogP contribution in [-0.4, -0.2) is 23.8 Å². The second-order valence-electron chi connectivity index (χ2n) is 6.32. The summed E-state index contributed by atoms with van der Waals surface area (Å²) >= 11 is 0. The highest BCUT2D eigenvalue weighted by Crippen LogP contribution is 2.31. The molecule has 1 heterocycles. The number of esters is 2. The normalized spacial score (nSPS) is 19.6. The van der Waals surface area contributed by atoms with Crippen LogP contribution in [0.1, 0.15) is 33.1 Å². The summed E-state index contributed by atoms with van der Waals surface area (Å²) in [4.78, 5) is 23.6. The van der Waals surface area contributed by atoms with Crippen LogP contribution in [0.5, 0.6) is 5.75 Å². The Bertz CT molecular complexity index is 710. The lowest BCUT2D eigenvalue weighted by Crippen LogP contribution is -2.42. The molecule has 0 spiro atoms. The summed E-state index contributed by atoms with van der Waals surface area (Å²) in [5.41, 5.74) is -0.399. The number of halogens is 2.